The van der Waals surface area contributed by atoms with E-state index in [1.54, 1.807) is 0 Å². The van der Waals surface area contributed by atoms with Crippen LogP contribution in [0.4, 0.5) is 11.7 Å². The summed E-state index contributed by atoms with van der Waals surface area (Å²) in [5, 5.41) is 14.1. The third-order valence-electron chi connectivity index (χ3n) is 4.14. The Morgan fingerprint density at radius 2 is 1.85 bits per heavy atom. The summed E-state index contributed by atoms with van der Waals surface area (Å²) in [7, 11) is 0. The van der Waals surface area contributed by atoms with Gasteiger partial charge in [0.05, 0.1) is 0 Å². The molecule has 0 atom stereocenters. The first-order valence-electron chi connectivity index (χ1n) is 9.36. The van der Waals surface area contributed by atoms with E-state index in [0.29, 0.717) is 18.3 Å². The lowest BCUT2D eigenvalue weighted by Gasteiger charge is -2.17. The molecular formula is C19H29N5O2. The quantitative estimate of drug-likeness (QED) is 0.596. The summed E-state index contributed by atoms with van der Waals surface area (Å²) < 4.78 is 5.65. The van der Waals surface area contributed by atoms with E-state index in [0.717, 1.165) is 50.3 Å². The van der Waals surface area contributed by atoms with Gasteiger partial charge in [-0.25, -0.2) is 0 Å². The SMILES string of the molecule is CCCC(=O)Nc1ccc(-c2nnc(NCCCN(CC)CC)o2)cc1. The van der Waals surface area contributed by atoms with Gasteiger partial charge < -0.3 is 20.0 Å². The first kappa shape index (κ1) is 19.9. The van der Waals surface area contributed by atoms with Crippen molar-refractivity contribution in [2.45, 2.75) is 40.0 Å². The van der Waals surface area contributed by atoms with Gasteiger partial charge in [-0.05, 0) is 56.7 Å². The van der Waals surface area contributed by atoms with Crippen LogP contribution in [-0.4, -0.2) is 47.2 Å². The molecule has 7 nitrogen and oxygen atoms in total. The van der Waals surface area contributed by atoms with Crippen LogP contribution in [0.25, 0.3) is 11.5 Å². The minimum Gasteiger partial charge on any atom is -0.403 e. The summed E-state index contributed by atoms with van der Waals surface area (Å²) in [6.07, 6.45) is 2.37. The second-order valence-electron chi connectivity index (χ2n) is 6.10. The van der Waals surface area contributed by atoms with E-state index in [-0.39, 0.29) is 5.91 Å². The number of hydrogen-bond donors (Lipinski definition) is 2. The summed E-state index contributed by atoms with van der Waals surface area (Å²) in [5.41, 5.74) is 1.59. The highest BCUT2D eigenvalue weighted by atomic mass is 16.4. The van der Waals surface area contributed by atoms with E-state index in [4.69, 9.17) is 4.42 Å². The van der Waals surface area contributed by atoms with Crippen LogP contribution in [-0.2, 0) is 4.79 Å². The van der Waals surface area contributed by atoms with Crippen molar-refractivity contribution >= 4 is 17.6 Å². The van der Waals surface area contributed by atoms with Gasteiger partial charge in [0.1, 0.15) is 0 Å². The van der Waals surface area contributed by atoms with E-state index in [9.17, 15) is 4.79 Å². The lowest BCUT2D eigenvalue weighted by atomic mass is 10.2. The van der Waals surface area contributed by atoms with Crippen LogP contribution in [0.2, 0.25) is 0 Å². The van der Waals surface area contributed by atoms with Gasteiger partial charge in [0.15, 0.2) is 0 Å². The van der Waals surface area contributed by atoms with Gasteiger partial charge in [0, 0.05) is 24.2 Å². The van der Waals surface area contributed by atoms with Crippen LogP contribution in [0.5, 0.6) is 0 Å². The third kappa shape index (κ3) is 6.15. The summed E-state index contributed by atoms with van der Waals surface area (Å²) >= 11 is 0. The Hall–Kier alpha value is -2.41. The number of aromatic nitrogens is 2. The fourth-order valence-electron chi connectivity index (χ4n) is 2.60. The van der Waals surface area contributed by atoms with Gasteiger partial charge in [0.25, 0.3) is 0 Å². The van der Waals surface area contributed by atoms with Crippen molar-refractivity contribution in [2.75, 3.05) is 36.8 Å². The molecule has 0 saturated carbocycles. The summed E-state index contributed by atoms with van der Waals surface area (Å²) in [4.78, 5) is 14.0. The maximum atomic E-state index is 11.6. The zero-order valence-corrected chi connectivity index (χ0v) is 15.9. The minimum absolute atomic E-state index is 0.0224. The number of rotatable bonds is 11. The molecule has 1 aromatic heterocycles. The molecule has 0 fully saturated rings. The van der Waals surface area contributed by atoms with Gasteiger partial charge in [-0.2, -0.15) is 0 Å². The van der Waals surface area contributed by atoms with Crippen LogP contribution >= 0.6 is 0 Å². The van der Waals surface area contributed by atoms with E-state index in [1.165, 1.54) is 0 Å². The third-order valence-corrected chi connectivity index (χ3v) is 4.14. The van der Waals surface area contributed by atoms with Gasteiger partial charge in [-0.15, -0.1) is 5.10 Å². The van der Waals surface area contributed by atoms with Crippen LogP contribution in [0, 0.1) is 0 Å². The monoisotopic (exact) mass is 359 g/mol. The summed E-state index contributed by atoms with van der Waals surface area (Å²) in [6, 6.07) is 7.83. The molecule has 2 N–H and O–H groups in total. The highest BCUT2D eigenvalue weighted by Gasteiger charge is 2.09. The molecule has 1 amide bonds. The maximum Gasteiger partial charge on any atom is 0.315 e. The second-order valence-corrected chi connectivity index (χ2v) is 6.10. The molecule has 1 aromatic carbocycles. The smallest absolute Gasteiger partial charge is 0.315 e. The number of anilines is 2. The highest BCUT2D eigenvalue weighted by molar-refractivity contribution is 5.90. The van der Waals surface area contributed by atoms with Gasteiger partial charge >= 0.3 is 6.01 Å². The highest BCUT2D eigenvalue weighted by Crippen LogP contribution is 2.21. The Kier molecular flexibility index (Phi) is 8.08. The maximum absolute atomic E-state index is 11.6. The lowest BCUT2D eigenvalue weighted by Crippen LogP contribution is -2.25. The number of benzene rings is 1. The van der Waals surface area contributed by atoms with Crippen LogP contribution in [0.15, 0.2) is 28.7 Å². The topological polar surface area (TPSA) is 83.3 Å². The van der Waals surface area contributed by atoms with Crippen molar-refractivity contribution in [2.24, 2.45) is 0 Å². The zero-order valence-electron chi connectivity index (χ0n) is 15.9. The summed E-state index contributed by atoms with van der Waals surface area (Å²) in [6.45, 7) is 10.3. The molecular weight excluding hydrogens is 330 g/mol. The summed E-state index contributed by atoms with van der Waals surface area (Å²) in [5.74, 6) is 0.483. The fourth-order valence-corrected chi connectivity index (χ4v) is 2.60. The molecule has 2 rings (SSSR count). The Morgan fingerprint density at radius 3 is 2.50 bits per heavy atom. The van der Waals surface area contributed by atoms with Crippen molar-refractivity contribution in [3.8, 4) is 11.5 Å². The van der Waals surface area contributed by atoms with Crippen LogP contribution in [0.1, 0.15) is 40.0 Å². The Labute approximate surface area is 155 Å². The van der Waals surface area contributed by atoms with Gasteiger partial charge in [0.2, 0.25) is 11.8 Å². The van der Waals surface area contributed by atoms with Gasteiger partial charge in [-0.1, -0.05) is 25.9 Å². The number of carbonyl (C=O) groups excluding carboxylic acids is 1. The molecule has 0 radical (unpaired) electrons. The molecule has 142 valence electrons. The van der Waals surface area contributed by atoms with Crippen molar-refractivity contribution in [3.05, 3.63) is 24.3 Å². The molecule has 7 heteroatoms. The van der Waals surface area contributed by atoms with Gasteiger partial charge in [-0.3, -0.25) is 4.79 Å². The molecule has 0 aliphatic heterocycles. The van der Waals surface area contributed by atoms with E-state index >= 15 is 0 Å². The number of nitrogens with one attached hydrogen (secondary N) is 2. The molecule has 1 heterocycles. The number of hydrogen-bond acceptors (Lipinski definition) is 6. The average molecular weight is 359 g/mol. The predicted octanol–water partition coefficient (Wildman–Crippen LogP) is 3.62. The molecule has 0 spiro atoms. The average Bonchev–Trinajstić information content (AvgIpc) is 3.11. The predicted molar refractivity (Wildman–Crippen MR) is 104 cm³/mol. The van der Waals surface area contributed by atoms with Crippen LogP contribution in [0.3, 0.4) is 0 Å². The molecule has 0 aliphatic carbocycles. The van der Waals surface area contributed by atoms with Crippen molar-refractivity contribution in [3.63, 3.8) is 0 Å². The molecule has 0 aliphatic rings. The number of nitrogens with zero attached hydrogens (tertiary/aromatic N) is 3. The Balaban J connectivity index is 1.84. The number of carbonyl (C=O) groups is 1. The van der Waals surface area contributed by atoms with E-state index in [1.807, 2.05) is 31.2 Å². The molecule has 26 heavy (non-hydrogen) atoms. The minimum atomic E-state index is 0.0224. The Bertz CT molecular complexity index is 665. The van der Waals surface area contributed by atoms with Crippen molar-refractivity contribution < 1.29 is 9.21 Å². The Morgan fingerprint density at radius 1 is 1.12 bits per heavy atom. The fraction of sp³-hybridized carbons (Fsp3) is 0.526. The first-order valence-corrected chi connectivity index (χ1v) is 9.36. The van der Waals surface area contributed by atoms with E-state index in [2.05, 4.69) is 39.6 Å². The lowest BCUT2D eigenvalue weighted by molar-refractivity contribution is -0.116. The molecule has 2 aromatic rings. The van der Waals surface area contributed by atoms with Crippen LogP contribution < -0.4 is 10.6 Å². The largest absolute Gasteiger partial charge is 0.403 e. The van der Waals surface area contributed by atoms with Crippen molar-refractivity contribution in [1.82, 2.24) is 15.1 Å². The first-order chi connectivity index (χ1) is 12.7. The second kappa shape index (κ2) is 10.6. The molecule has 0 unspecified atom stereocenters. The molecule has 0 bridgehead atoms. The molecule has 0 saturated heterocycles. The number of amides is 1. The normalized spacial score (nSPS) is 10.9. The van der Waals surface area contributed by atoms with Crippen molar-refractivity contribution in [1.29, 1.82) is 0 Å². The van der Waals surface area contributed by atoms with E-state index < -0.39 is 0 Å². The zero-order chi connectivity index (χ0) is 18.8. The standard InChI is InChI=1S/C19H29N5O2/c1-4-8-17(25)21-16-11-9-15(10-12-16)18-22-23-19(26-18)20-13-7-14-24(5-2)6-3/h9-12H,4-8,13-14H2,1-3H3,(H,20,23)(H,21,25).